The summed E-state index contributed by atoms with van der Waals surface area (Å²) in [5.41, 5.74) is 4.78. The lowest BCUT2D eigenvalue weighted by molar-refractivity contribution is 0.667. The van der Waals surface area contributed by atoms with E-state index in [-0.39, 0.29) is 0 Å². The highest BCUT2D eigenvalue weighted by molar-refractivity contribution is 7.14. The molecule has 1 aromatic carbocycles. The molecule has 0 aliphatic carbocycles. The summed E-state index contributed by atoms with van der Waals surface area (Å²) in [6.07, 6.45) is 12.4. The zero-order valence-corrected chi connectivity index (χ0v) is 18.8. The number of unbranched alkanes of at least 4 members (excludes halogenated alkanes) is 6. The molecular weight excluding hydrogens is 392 g/mol. The van der Waals surface area contributed by atoms with Crippen LogP contribution < -0.4 is 0 Å². The van der Waals surface area contributed by atoms with Crippen molar-refractivity contribution in [3.8, 4) is 10.4 Å². The Morgan fingerprint density at radius 3 is 2.41 bits per heavy atom. The average Bonchev–Trinajstić information content (AvgIpc) is 3.32. The quantitative estimate of drug-likeness (QED) is 0.291. The van der Waals surface area contributed by atoms with Crippen LogP contribution in [0, 0.1) is 0 Å². The Balaban J connectivity index is 1.80. The van der Waals surface area contributed by atoms with Gasteiger partial charge in [0.15, 0.2) is 0 Å². The van der Waals surface area contributed by atoms with Crippen molar-refractivity contribution in [3.63, 3.8) is 0 Å². The van der Waals surface area contributed by atoms with E-state index in [0.29, 0.717) is 0 Å². The van der Waals surface area contributed by atoms with Crippen LogP contribution in [0.15, 0.2) is 17.5 Å². The van der Waals surface area contributed by atoms with E-state index < -0.39 is 0 Å². The predicted octanol–water partition coefficient (Wildman–Crippen LogP) is 8.32. The first kappa shape index (κ1) is 20.8. The van der Waals surface area contributed by atoms with E-state index >= 15 is 0 Å². The Kier molecular flexibility index (Phi) is 8.10. The van der Waals surface area contributed by atoms with Crippen molar-refractivity contribution < 1.29 is 0 Å². The Labute approximate surface area is 176 Å². The number of aryl methyl sites for hydroxylation is 2. The number of halogens is 1. The van der Waals surface area contributed by atoms with E-state index in [9.17, 15) is 0 Å². The third-order valence-corrected chi connectivity index (χ3v) is 7.17. The first-order valence-electron chi connectivity index (χ1n) is 10.3. The highest BCUT2D eigenvalue weighted by atomic mass is 35.5. The zero-order valence-electron chi connectivity index (χ0n) is 16.4. The molecule has 0 N–H and O–H groups in total. The molecular formula is C22H29ClN2S2. The van der Waals surface area contributed by atoms with Crippen molar-refractivity contribution in [1.29, 1.82) is 0 Å². The molecule has 0 saturated heterocycles. The molecule has 2 aromatic heterocycles. The minimum Gasteiger partial charge on any atom is -0.143 e. The molecule has 3 aromatic rings. The Bertz CT molecular complexity index is 853. The van der Waals surface area contributed by atoms with Crippen LogP contribution in [0.3, 0.4) is 0 Å². The number of thiophene rings is 1. The Hall–Kier alpha value is -0.970. The Morgan fingerprint density at radius 2 is 1.67 bits per heavy atom. The summed E-state index contributed by atoms with van der Waals surface area (Å²) in [5, 5.41) is 7.55. The fourth-order valence-corrected chi connectivity index (χ4v) is 5.62. The van der Waals surface area contributed by atoms with E-state index in [4.69, 9.17) is 11.6 Å². The first-order valence-corrected chi connectivity index (χ1v) is 12.3. The first-order chi connectivity index (χ1) is 13.2. The van der Waals surface area contributed by atoms with Gasteiger partial charge in [0.25, 0.3) is 0 Å². The summed E-state index contributed by atoms with van der Waals surface area (Å²) in [6.45, 7) is 4.50. The summed E-state index contributed by atoms with van der Waals surface area (Å²) < 4.78 is 5.46. The van der Waals surface area contributed by atoms with E-state index in [1.54, 1.807) is 11.3 Å². The lowest BCUT2D eigenvalue weighted by atomic mass is 10.0. The maximum atomic E-state index is 6.74. The minimum absolute atomic E-state index is 0.820. The van der Waals surface area contributed by atoms with Crippen LogP contribution in [0.2, 0.25) is 5.02 Å². The van der Waals surface area contributed by atoms with Gasteiger partial charge in [0.1, 0.15) is 5.52 Å². The molecule has 3 rings (SSSR count). The van der Waals surface area contributed by atoms with Crippen LogP contribution in [0.25, 0.3) is 20.7 Å². The summed E-state index contributed by atoms with van der Waals surface area (Å²) >= 11 is 10.0. The largest absolute Gasteiger partial charge is 0.143 e. The molecule has 27 heavy (non-hydrogen) atoms. The molecule has 0 atom stereocenters. The van der Waals surface area contributed by atoms with Crippen LogP contribution in [0.1, 0.15) is 76.3 Å². The molecule has 0 amide bonds. The van der Waals surface area contributed by atoms with Gasteiger partial charge in [-0.05, 0) is 65.9 Å². The molecule has 2 heterocycles. The maximum Gasteiger partial charge on any atom is 0.116 e. The molecule has 0 aliphatic heterocycles. The van der Waals surface area contributed by atoms with Crippen LogP contribution in [0.4, 0.5) is 0 Å². The van der Waals surface area contributed by atoms with Crippen LogP contribution in [-0.2, 0) is 12.8 Å². The number of hydrogen-bond acceptors (Lipinski definition) is 4. The van der Waals surface area contributed by atoms with Crippen molar-refractivity contribution in [3.05, 3.63) is 33.7 Å². The third-order valence-electron chi connectivity index (χ3n) is 5.08. The smallest absolute Gasteiger partial charge is 0.116 e. The van der Waals surface area contributed by atoms with Gasteiger partial charge >= 0.3 is 0 Å². The van der Waals surface area contributed by atoms with Crippen molar-refractivity contribution >= 4 is 44.7 Å². The number of hydrogen-bond donors (Lipinski definition) is 0. The second-order valence-electron chi connectivity index (χ2n) is 7.28. The van der Waals surface area contributed by atoms with E-state index in [1.165, 1.54) is 83.6 Å². The van der Waals surface area contributed by atoms with Gasteiger partial charge in [0, 0.05) is 10.4 Å². The van der Waals surface area contributed by atoms with Gasteiger partial charge in [0.05, 0.1) is 9.72 Å². The maximum absolute atomic E-state index is 6.74. The van der Waals surface area contributed by atoms with Crippen molar-refractivity contribution in [1.82, 2.24) is 9.59 Å². The molecule has 0 spiro atoms. The molecule has 0 aliphatic rings. The van der Waals surface area contributed by atoms with Crippen molar-refractivity contribution in [2.24, 2.45) is 0 Å². The van der Waals surface area contributed by atoms with Gasteiger partial charge in [-0.1, -0.05) is 68.5 Å². The number of aromatic nitrogens is 2. The molecule has 5 heteroatoms. The number of benzene rings is 1. The molecule has 0 fully saturated rings. The van der Waals surface area contributed by atoms with Gasteiger partial charge in [0.2, 0.25) is 0 Å². The molecule has 0 bridgehead atoms. The molecule has 0 saturated carbocycles. The number of rotatable bonds is 11. The summed E-state index contributed by atoms with van der Waals surface area (Å²) in [7, 11) is 0. The fourth-order valence-electron chi connectivity index (χ4n) is 3.52. The van der Waals surface area contributed by atoms with Crippen molar-refractivity contribution in [2.75, 3.05) is 0 Å². The van der Waals surface area contributed by atoms with Gasteiger partial charge in [-0.2, -0.15) is 0 Å². The lowest BCUT2D eigenvalue weighted by Crippen LogP contribution is -1.90. The minimum atomic E-state index is 0.820. The molecule has 0 radical (unpaired) electrons. The number of fused-ring (bicyclic) bond motifs is 1. The topological polar surface area (TPSA) is 25.8 Å². The van der Waals surface area contributed by atoms with E-state index in [1.807, 2.05) is 0 Å². The average molecular weight is 421 g/mol. The Morgan fingerprint density at radius 1 is 0.926 bits per heavy atom. The second-order valence-corrected chi connectivity index (χ2v) is 9.36. The summed E-state index contributed by atoms with van der Waals surface area (Å²) in [4.78, 5) is 1.22. The molecule has 2 nitrogen and oxygen atoms in total. The standard InChI is InChI=1S/C22H29ClN2S2/c1-3-5-7-9-11-16-13-19(26-15-16)20-18(23)14-17(12-10-8-6-4-2)22-21(20)24-25-27-22/h13-15H,3-12H2,1-2H3. The van der Waals surface area contributed by atoms with Crippen molar-refractivity contribution in [2.45, 2.75) is 78.1 Å². The van der Waals surface area contributed by atoms with Gasteiger partial charge in [-0.15, -0.1) is 16.4 Å². The highest BCUT2D eigenvalue weighted by Crippen LogP contribution is 2.41. The normalized spacial score (nSPS) is 11.5. The summed E-state index contributed by atoms with van der Waals surface area (Å²) in [5.74, 6) is 0. The van der Waals surface area contributed by atoms with E-state index in [0.717, 1.165) is 28.9 Å². The molecule has 146 valence electrons. The van der Waals surface area contributed by atoms with Crippen LogP contribution >= 0.6 is 34.5 Å². The number of nitrogens with zero attached hydrogens (tertiary/aromatic N) is 2. The van der Waals surface area contributed by atoms with Crippen LogP contribution in [-0.4, -0.2) is 9.59 Å². The second kappa shape index (κ2) is 10.5. The highest BCUT2D eigenvalue weighted by Gasteiger charge is 2.17. The predicted molar refractivity (Wildman–Crippen MR) is 121 cm³/mol. The van der Waals surface area contributed by atoms with Gasteiger partial charge in [-0.25, -0.2) is 0 Å². The van der Waals surface area contributed by atoms with Gasteiger partial charge in [-0.3, -0.25) is 0 Å². The third kappa shape index (κ3) is 5.30. The SMILES string of the molecule is CCCCCCc1csc(-c2c(Cl)cc(CCCCCC)c3snnc23)c1. The summed E-state index contributed by atoms with van der Waals surface area (Å²) in [6, 6.07) is 4.46. The fraction of sp³-hybridized carbons (Fsp3) is 0.545. The zero-order chi connectivity index (χ0) is 19.1. The lowest BCUT2D eigenvalue weighted by Gasteiger charge is -2.08. The molecule has 0 unspecified atom stereocenters. The van der Waals surface area contributed by atoms with Gasteiger partial charge < -0.3 is 0 Å². The van der Waals surface area contributed by atoms with Crippen LogP contribution in [0.5, 0.6) is 0 Å². The van der Waals surface area contributed by atoms with E-state index in [2.05, 4.69) is 40.9 Å². The monoisotopic (exact) mass is 420 g/mol.